The fraction of sp³-hybridized carbons (Fsp3) is 0.571. The van der Waals surface area contributed by atoms with Crippen molar-refractivity contribution < 1.29 is 13.2 Å². The van der Waals surface area contributed by atoms with Gasteiger partial charge in [0.05, 0.1) is 5.75 Å². The molecular formula is C14H22ClNO3S. The highest BCUT2D eigenvalue weighted by atomic mass is 35.5. The van der Waals surface area contributed by atoms with Crippen molar-refractivity contribution in [1.29, 1.82) is 0 Å². The van der Waals surface area contributed by atoms with Crippen LogP contribution >= 0.6 is 11.6 Å². The molecule has 0 heterocycles. The van der Waals surface area contributed by atoms with Crippen LogP contribution in [-0.4, -0.2) is 39.6 Å². The molecule has 0 aliphatic heterocycles. The molecule has 1 N–H and O–H groups in total. The zero-order valence-corrected chi connectivity index (χ0v) is 13.5. The summed E-state index contributed by atoms with van der Waals surface area (Å²) in [7, 11) is -2.95. The quantitative estimate of drug-likeness (QED) is 0.760. The number of ether oxygens (including phenoxy) is 1. The van der Waals surface area contributed by atoms with Crippen LogP contribution < -0.4 is 10.1 Å². The van der Waals surface area contributed by atoms with Gasteiger partial charge in [-0.2, -0.15) is 0 Å². The van der Waals surface area contributed by atoms with E-state index in [-0.39, 0.29) is 11.8 Å². The molecule has 0 amide bonds. The van der Waals surface area contributed by atoms with E-state index in [4.69, 9.17) is 16.3 Å². The molecule has 0 radical (unpaired) electrons. The van der Waals surface area contributed by atoms with Crippen molar-refractivity contribution in [2.75, 3.05) is 25.2 Å². The molecule has 4 nitrogen and oxygen atoms in total. The molecule has 0 saturated heterocycles. The van der Waals surface area contributed by atoms with Gasteiger partial charge in [0.25, 0.3) is 0 Å². The van der Waals surface area contributed by atoms with E-state index >= 15 is 0 Å². The summed E-state index contributed by atoms with van der Waals surface area (Å²) < 4.78 is 28.2. The molecule has 0 aromatic heterocycles. The molecule has 6 heteroatoms. The molecule has 1 aromatic carbocycles. The highest BCUT2D eigenvalue weighted by Crippen LogP contribution is 2.17. The summed E-state index contributed by atoms with van der Waals surface area (Å²) in [6, 6.07) is 7.20. The Morgan fingerprint density at radius 3 is 2.75 bits per heavy atom. The number of sulfone groups is 1. The van der Waals surface area contributed by atoms with E-state index in [1.807, 2.05) is 12.1 Å². The van der Waals surface area contributed by atoms with Crippen LogP contribution in [-0.2, 0) is 9.84 Å². The second-order valence-electron chi connectivity index (χ2n) is 4.84. The second-order valence-corrected chi connectivity index (χ2v) is 7.53. The Balaban J connectivity index is 2.51. The van der Waals surface area contributed by atoms with Crippen molar-refractivity contribution in [3.8, 4) is 5.75 Å². The maximum atomic E-state index is 11.2. The molecule has 0 aliphatic rings. The normalized spacial score (nSPS) is 13.2. The van der Waals surface area contributed by atoms with E-state index < -0.39 is 9.84 Å². The summed E-state index contributed by atoms with van der Waals surface area (Å²) in [6.07, 6.45) is 2.79. The molecule has 20 heavy (non-hydrogen) atoms. The van der Waals surface area contributed by atoms with E-state index in [1.54, 1.807) is 12.1 Å². The lowest BCUT2D eigenvalue weighted by molar-refractivity contribution is 0.261. The van der Waals surface area contributed by atoms with Crippen LogP contribution in [0.5, 0.6) is 5.75 Å². The van der Waals surface area contributed by atoms with Gasteiger partial charge in [-0.15, -0.1) is 0 Å². The standard InChI is InChI=1S/C14H22ClNO3S/c1-3-8-16-13(7-9-20(2,17)18)11-19-14-6-4-5-12(15)10-14/h4-6,10,13,16H,3,7-9,11H2,1-2H3. The molecule has 1 unspecified atom stereocenters. The van der Waals surface area contributed by atoms with Crippen LogP contribution in [0.25, 0.3) is 0 Å². The molecule has 114 valence electrons. The molecule has 0 fully saturated rings. The van der Waals surface area contributed by atoms with Gasteiger partial charge >= 0.3 is 0 Å². The lowest BCUT2D eigenvalue weighted by Gasteiger charge is -2.18. The highest BCUT2D eigenvalue weighted by molar-refractivity contribution is 7.90. The first kappa shape index (κ1) is 17.3. The van der Waals surface area contributed by atoms with Crippen LogP contribution in [0.4, 0.5) is 0 Å². The predicted octanol–water partition coefficient (Wildman–Crippen LogP) is 2.52. The number of hydrogen-bond donors (Lipinski definition) is 1. The van der Waals surface area contributed by atoms with Crippen molar-refractivity contribution >= 4 is 21.4 Å². The Bertz CT molecular complexity index is 505. The molecule has 0 bridgehead atoms. The lowest BCUT2D eigenvalue weighted by atomic mass is 10.2. The van der Waals surface area contributed by atoms with Crippen LogP contribution in [0.2, 0.25) is 5.02 Å². The molecule has 1 aromatic rings. The van der Waals surface area contributed by atoms with E-state index in [0.29, 0.717) is 23.8 Å². The summed E-state index contributed by atoms with van der Waals surface area (Å²) in [6.45, 7) is 3.33. The number of hydrogen-bond acceptors (Lipinski definition) is 4. The summed E-state index contributed by atoms with van der Waals surface area (Å²) in [5.41, 5.74) is 0. The average molecular weight is 320 g/mol. The maximum Gasteiger partial charge on any atom is 0.147 e. The first-order chi connectivity index (χ1) is 9.40. The van der Waals surface area contributed by atoms with Gasteiger partial charge in [0.1, 0.15) is 22.2 Å². The fourth-order valence-corrected chi connectivity index (χ4v) is 2.60. The lowest BCUT2D eigenvalue weighted by Crippen LogP contribution is -2.36. The van der Waals surface area contributed by atoms with Crippen LogP contribution in [0.1, 0.15) is 19.8 Å². The Hall–Kier alpha value is -0.780. The summed E-state index contributed by atoms with van der Waals surface area (Å²) in [4.78, 5) is 0. The Morgan fingerprint density at radius 2 is 2.15 bits per heavy atom. The molecule has 1 rings (SSSR count). The zero-order valence-electron chi connectivity index (χ0n) is 11.9. The van der Waals surface area contributed by atoms with Gasteiger partial charge in [-0.3, -0.25) is 0 Å². The van der Waals surface area contributed by atoms with Crippen molar-refractivity contribution in [3.05, 3.63) is 29.3 Å². The van der Waals surface area contributed by atoms with Crippen molar-refractivity contribution in [2.45, 2.75) is 25.8 Å². The SMILES string of the molecule is CCCNC(CCS(C)(=O)=O)COc1cccc(Cl)c1. The molecular weight excluding hydrogens is 298 g/mol. The Labute approximate surface area is 126 Å². The van der Waals surface area contributed by atoms with Gasteiger partial charge in [0.15, 0.2) is 0 Å². The smallest absolute Gasteiger partial charge is 0.147 e. The molecule has 1 atom stereocenters. The van der Waals surface area contributed by atoms with E-state index in [2.05, 4.69) is 12.2 Å². The molecule has 0 aliphatic carbocycles. The number of rotatable bonds is 9. The third kappa shape index (κ3) is 7.72. The van der Waals surface area contributed by atoms with Crippen LogP contribution in [0.3, 0.4) is 0 Å². The van der Waals surface area contributed by atoms with E-state index in [9.17, 15) is 8.42 Å². The fourth-order valence-electron chi connectivity index (χ4n) is 1.70. The van der Waals surface area contributed by atoms with Crippen molar-refractivity contribution in [1.82, 2.24) is 5.32 Å². The van der Waals surface area contributed by atoms with Crippen LogP contribution in [0, 0.1) is 0 Å². The Morgan fingerprint density at radius 1 is 1.40 bits per heavy atom. The monoisotopic (exact) mass is 319 g/mol. The van der Waals surface area contributed by atoms with Gasteiger partial charge in [0, 0.05) is 17.3 Å². The molecule has 0 spiro atoms. The molecule has 0 saturated carbocycles. The van der Waals surface area contributed by atoms with Gasteiger partial charge in [0.2, 0.25) is 0 Å². The summed E-state index contributed by atoms with van der Waals surface area (Å²) >= 11 is 5.89. The number of benzene rings is 1. The van der Waals surface area contributed by atoms with E-state index in [0.717, 1.165) is 13.0 Å². The highest BCUT2D eigenvalue weighted by Gasteiger charge is 2.12. The third-order valence-corrected chi connectivity index (χ3v) is 3.98. The second kappa shape index (κ2) is 8.49. The first-order valence-corrected chi connectivity index (χ1v) is 9.14. The van der Waals surface area contributed by atoms with Gasteiger partial charge in [-0.1, -0.05) is 24.6 Å². The largest absolute Gasteiger partial charge is 0.492 e. The predicted molar refractivity (Wildman–Crippen MR) is 83.4 cm³/mol. The topological polar surface area (TPSA) is 55.4 Å². The number of halogens is 1. The van der Waals surface area contributed by atoms with Gasteiger partial charge in [-0.25, -0.2) is 8.42 Å². The minimum Gasteiger partial charge on any atom is -0.492 e. The van der Waals surface area contributed by atoms with Crippen LogP contribution in [0.15, 0.2) is 24.3 Å². The Kier molecular flexibility index (Phi) is 7.34. The van der Waals surface area contributed by atoms with Gasteiger partial charge < -0.3 is 10.1 Å². The minimum absolute atomic E-state index is 0.0173. The van der Waals surface area contributed by atoms with E-state index in [1.165, 1.54) is 6.26 Å². The van der Waals surface area contributed by atoms with Crippen molar-refractivity contribution in [2.24, 2.45) is 0 Å². The minimum atomic E-state index is -2.95. The first-order valence-electron chi connectivity index (χ1n) is 6.70. The average Bonchev–Trinajstić information content (AvgIpc) is 2.37. The van der Waals surface area contributed by atoms with Crippen molar-refractivity contribution in [3.63, 3.8) is 0 Å². The summed E-state index contributed by atoms with van der Waals surface area (Å²) in [5.74, 6) is 0.855. The number of nitrogens with one attached hydrogen (secondary N) is 1. The zero-order chi connectivity index (χ0) is 15.0. The third-order valence-electron chi connectivity index (χ3n) is 2.77. The maximum absolute atomic E-state index is 11.2. The van der Waals surface area contributed by atoms with Gasteiger partial charge in [-0.05, 0) is 37.6 Å². The summed E-state index contributed by atoms with van der Waals surface area (Å²) in [5, 5.41) is 3.93.